The minimum absolute atomic E-state index is 0.169. The molecule has 1 unspecified atom stereocenters. The van der Waals surface area contributed by atoms with Crippen molar-refractivity contribution in [2.24, 2.45) is 0 Å². The van der Waals surface area contributed by atoms with Gasteiger partial charge in [-0.15, -0.1) is 0 Å². The number of carbonyl (C=O) groups is 1. The van der Waals surface area contributed by atoms with Crippen molar-refractivity contribution in [2.45, 2.75) is 25.9 Å². The molecule has 25 heavy (non-hydrogen) atoms. The van der Waals surface area contributed by atoms with E-state index in [-0.39, 0.29) is 5.69 Å². The molecule has 0 saturated heterocycles. The normalized spacial score (nSPS) is 17.0. The second-order valence-corrected chi connectivity index (χ2v) is 6.10. The fourth-order valence-corrected chi connectivity index (χ4v) is 3.23. The molecule has 0 aliphatic carbocycles. The highest BCUT2D eigenvalue weighted by atomic mass is 19.4. The third kappa shape index (κ3) is 2.28. The number of alkyl halides is 3. The standard InChI is InChI=1S/C17H13F3N4O/c1-8-6-24-15(9(8)2)14(21-7-22-24)13-11-4-3-10(17(18,19)20)5-12(11)23-16(13)25/h3-7,13H,1-2H3,(H,23,25). The van der Waals surface area contributed by atoms with Crippen molar-refractivity contribution in [3.8, 4) is 0 Å². The SMILES string of the molecule is Cc1cn2ncnc(C3C(=O)Nc4cc(C(F)(F)F)ccc43)c2c1C. The van der Waals surface area contributed by atoms with Crippen LogP contribution >= 0.6 is 0 Å². The van der Waals surface area contributed by atoms with Crippen LogP contribution in [0.25, 0.3) is 5.52 Å². The lowest BCUT2D eigenvalue weighted by Crippen LogP contribution is -2.16. The lowest BCUT2D eigenvalue weighted by atomic mass is 9.94. The Morgan fingerprint density at radius 2 is 2.00 bits per heavy atom. The van der Waals surface area contributed by atoms with Crippen molar-refractivity contribution in [1.29, 1.82) is 0 Å². The lowest BCUT2D eigenvalue weighted by molar-refractivity contribution is -0.137. The Morgan fingerprint density at radius 1 is 1.24 bits per heavy atom. The summed E-state index contributed by atoms with van der Waals surface area (Å²) in [6.07, 6.45) is -1.29. The number of nitrogens with zero attached hydrogens (tertiary/aromatic N) is 3. The fraction of sp³-hybridized carbons (Fsp3) is 0.235. The molecule has 0 bridgehead atoms. The molecule has 1 aliphatic rings. The molecule has 128 valence electrons. The molecule has 0 saturated carbocycles. The second kappa shape index (κ2) is 5.05. The van der Waals surface area contributed by atoms with Gasteiger partial charge in [-0.1, -0.05) is 6.07 Å². The van der Waals surface area contributed by atoms with E-state index in [1.54, 1.807) is 4.52 Å². The van der Waals surface area contributed by atoms with Crippen LogP contribution in [-0.4, -0.2) is 20.5 Å². The van der Waals surface area contributed by atoms with E-state index < -0.39 is 23.6 Å². The maximum Gasteiger partial charge on any atom is 0.416 e. The maximum atomic E-state index is 12.9. The smallest absolute Gasteiger partial charge is 0.325 e. The molecule has 1 aliphatic heterocycles. The Hall–Kier alpha value is -2.90. The van der Waals surface area contributed by atoms with Crippen molar-refractivity contribution in [1.82, 2.24) is 14.6 Å². The Kier molecular flexibility index (Phi) is 3.15. The minimum Gasteiger partial charge on any atom is -0.325 e. The Balaban J connectivity index is 1.91. The third-order valence-corrected chi connectivity index (χ3v) is 4.59. The summed E-state index contributed by atoms with van der Waals surface area (Å²) in [6.45, 7) is 3.82. The van der Waals surface area contributed by atoms with E-state index in [9.17, 15) is 18.0 Å². The van der Waals surface area contributed by atoms with Gasteiger partial charge in [-0.2, -0.15) is 18.3 Å². The molecule has 1 N–H and O–H groups in total. The quantitative estimate of drug-likeness (QED) is 0.734. The lowest BCUT2D eigenvalue weighted by Gasteiger charge is -2.12. The first-order chi connectivity index (χ1) is 11.8. The van der Waals surface area contributed by atoms with E-state index in [2.05, 4.69) is 15.4 Å². The van der Waals surface area contributed by atoms with E-state index in [1.165, 1.54) is 12.4 Å². The first-order valence-corrected chi connectivity index (χ1v) is 7.59. The van der Waals surface area contributed by atoms with Crippen LogP contribution in [0.5, 0.6) is 0 Å². The highest BCUT2D eigenvalue weighted by Gasteiger charge is 2.38. The average Bonchev–Trinajstić information content (AvgIpc) is 3.02. The molecule has 0 fully saturated rings. The van der Waals surface area contributed by atoms with Gasteiger partial charge in [0.2, 0.25) is 5.91 Å². The monoisotopic (exact) mass is 346 g/mol. The predicted octanol–water partition coefficient (Wildman–Crippen LogP) is 3.45. The van der Waals surface area contributed by atoms with E-state index >= 15 is 0 Å². The van der Waals surface area contributed by atoms with E-state index in [0.717, 1.165) is 23.3 Å². The van der Waals surface area contributed by atoms with Crippen molar-refractivity contribution < 1.29 is 18.0 Å². The first kappa shape index (κ1) is 15.6. The zero-order chi connectivity index (χ0) is 17.9. The fourth-order valence-electron chi connectivity index (χ4n) is 3.23. The number of halogens is 3. The van der Waals surface area contributed by atoms with Gasteiger partial charge < -0.3 is 5.32 Å². The molecular formula is C17H13F3N4O. The number of carbonyl (C=O) groups excluding carboxylic acids is 1. The summed E-state index contributed by atoms with van der Waals surface area (Å²) in [7, 11) is 0. The molecule has 3 aromatic rings. The molecule has 0 radical (unpaired) electrons. The molecular weight excluding hydrogens is 333 g/mol. The molecule has 1 atom stereocenters. The minimum atomic E-state index is -4.46. The Morgan fingerprint density at radius 3 is 2.72 bits per heavy atom. The van der Waals surface area contributed by atoms with Crippen LogP contribution in [0.1, 0.15) is 33.9 Å². The molecule has 1 aromatic carbocycles. The molecule has 1 amide bonds. The van der Waals surface area contributed by atoms with E-state index in [4.69, 9.17) is 0 Å². The summed E-state index contributed by atoms with van der Waals surface area (Å²) in [5, 5.41) is 6.69. The zero-order valence-corrected chi connectivity index (χ0v) is 13.3. The number of aryl methyl sites for hydroxylation is 2. The van der Waals surface area contributed by atoms with Crippen molar-refractivity contribution in [3.63, 3.8) is 0 Å². The zero-order valence-electron chi connectivity index (χ0n) is 13.3. The van der Waals surface area contributed by atoms with Gasteiger partial charge in [-0.3, -0.25) is 4.79 Å². The Bertz CT molecular complexity index is 1020. The van der Waals surface area contributed by atoms with Gasteiger partial charge in [0.1, 0.15) is 12.2 Å². The molecule has 8 heteroatoms. The second-order valence-electron chi connectivity index (χ2n) is 6.10. The van der Waals surface area contributed by atoms with Gasteiger partial charge >= 0.3 is 6.18 Å². The van der Waals surface area contributed by atoms with Gasteiger partial charge in [0.05, 0.1) is 16.8 Å². The first-order valence-electron chi connectivity index (χ1n) is 7.59. The van der Waals surface area contributed by atoms with Crippen LogP contribution in [0.4, 0.5) is 18.9 Å². The molecule has 5 nitrogen and oxygen atoms in total. The average molecular weight is 346 g/mol. The number of amides is 1. The van der Waals surface area contributed by atoms with Gasteiger partial charge in [-0.25, -0.2) is 9.50 Å². The predicted molar refractivity (Wildman–Crippen MR) is 84.4 cm³/mol. The van der Waals surface area contributed by atoms with Gasteiger partial charge in [0, 0.05) is 11.9 Å². The van der Waals surface area contributed by atoms with Gasteiger partial charge in [0.25, 0.3) is 0 Å². The van der Waals surface area contributed by atoms with E-state index in [0.29, 0.717) is 16.8 Å². The number of anilines is 1. The van der Waals surface area contributed by atoms with Gasteiger partial charge in [0.15, 0.2) is 0 Å². The molecule has 2 aromatic heterocycles. The van der Waals surface area contributed by atoms with Crippen molar-refractivity contribution in [2.75, 3.05) is 5.32 Å². The molecule has 0 spiro atoms. The Labute approximate surface area is 140 Å². The van der Waals surface area contributed by atoms with Crippen LogP contribution in [0.15, 0.2) is 30.7 Å². The summed E-state index contributed by atoms with van der Waals surface area (Å²) in [4.78, 5) is 16.8. The summed E-state index contributed by atoms with van der Waals surface area (Å²) in [6, 6.07) is 3.28. The summed E-state index contributed by atoms with van der Waals surface area (Å²) >= 11 is 0. The number of hydrogen-bond donors (Lipinski definition) is 1. The molecule has 4 rings (SSSR count). The summed E-state index contributed by atoms with van der Waals surface area (Å²) < 4.78 is 40.3. The number of hydrogen-bond acceptors (Lipinski definition) is 3. The number of rotatable bonds is 1. The highest BCUT2D eigenvalue weighted by molar-refractivity contribution is 6.05. The van der Waals surface area contributed by atoms with Crippen LogP contribution in [0.3, 0.4) is 0 Å². The highest BCUT2D eigenvalue weighted by Crippen LogP contribution is 2.41. The summed E-state index contributed by atoms with van der Waals surface area (Å²) in [5.74, 6) is -1.16. The van der Waals surface area contributed by atoms with Crippen LogP contribution in [-0.2, 0) is 11.0 Å². The van der Waals surface area contributed by atoms with Crippen LogP contribution in [0, 0.1) is 13.8 Å². The topological polar surface area (TPSA) is 59.3 Å². The molecule has 3 heterocycles. The van der Waals surface area contributed by atoms with Crippen LogP contribution < -0.4 is 5.32 Å². The number of benzene rings is 1. The van der Waals surface area contributed by atoms with E-state index in [1.807, 2.05) is 20.0 Å². The number of nitrogens with one attached hydrogen (secondary N) is 1. The van der Waals surface area contributed by atoms with Gasteiger partial charge in [-0.05, 0) is 42.7 Å². The summed E-state index contributed by atoms with van der Waals surface area (Å²) in [5.41, 5.74) is 2.97. The van der Waals surface area contributed by atoms with Crippen molar-refractivity contribution in [3.05, 3.63) is 58.7 Å². The number of aromatic nitrogens is 3. The van der Waals surface area contributed by atoms with Crippen molar-refractivity contribution >= 4 is 17.1 Å². The largest absolute Gasteiger partial charge is 0.416 e. The number of fused-ring (bicyclic) bond motifs is 2. The third-order valence-electron chi connectivity index (χ3n) is 4.59. The maximum absolute atomic E-state index is 12.9. The van der Waals surface area contributed by atoms with Crippen LogP contribution in [0.2, 0.25) is 0 Å².